The van der Waals surface area contributed by atoms with Crippen molar-refractivity contribution in [2.75, 3.05) is 27.2 Å². The van der Waals surface area contributed by atoms with Gasteiger partial charge in [-0.05, 0) is 84.5 Å². The molecule has 5 atom stereocenters. The normalized spacial score (nSPS) is 19.2. The average Bonchev–Trinajstić information content (AvgIpc) is 3.62. The molecule has 0 amide bonds. The highest BCUT2D eigenvalue weighted by Gasteiger charge is 2.21. The molecule has 2 heterocycles. The van der Waals surface area contributed by atoms with Crippen molar-refractivity contribution in [2.45, 2.75) is 103 Å². The summed E-state index contributed by atoms with van der Waals surface area (Å²) in [5.41, 5.74) is 0. The van der Waals surface area contributed by atoms with Crippen molar-refractivity contribution >= 4 is 29.8 Å². The van der Waals surface area contributed by atoms with Crippen molar-refractivity contribution in [2.24, 2.45) is 11.8 Å². The standard InChI is InChI=1S/2C7H15NO2.2C5H9NO2.C3H6O3/c2*1-5(2)4-6(8-3)7(9)10;2*7-5(8)4-2-1-3-6-4;1-2(4)3(5)6/h2*5-6,8H,4H2,1-3H3,(H,9,10);2*4,6H,1-3H2,(H,7,8);2,4H,1H3,(H,5,6)/t;;2*4-;2-/m..000/s1. The maximum atomic E-state index is 10.4. The quantitative estimate of drug-likeness (QED) is 0.153. The van der Waals surface area contributed by atoms with Crippen molar-refractivity contribution in [1.82, 2.24) is 21.3 Å². The Bertz CT molecular complexity index is 713. The molecule has 248 valence electrons. The van der Waals surface area contributed by atoms with Crippen LogP contribution in [0.25, 0.3) is 0 Å². The van der Waals surface area contributed by atoms with E-state index >= 15 is 0 Å². The molecule has 42 heavy (non-hydrogen) atoms. The van der Waals surface area contributed by atoms with Gasteiger partial charge >= 0.3 is 29.8 Å². The van der Waals surface area contributed by atoms with Crippen LogP contribution in [-0.4, -0.2) is 118 Å². The molecule has 0 spiro atoms. The van der Waals surface area contributed by atoms with Crippen LogP contribution in [0.4, 0.5) is 0 Å². The van der Waals surface area contributed by atoms with E-state index in [1.54, 1.807) is 14.1 Å². The smallest absolute Gasteiger partial charge is 0.332 e. The molecule has 0 aromatic carbocycles. The Kier molecular flexibility index (Phi) is 26.8. The predicted molar refractivity (Wildman–Crippen MR) is 157 cm³/mol. The number of nitrogens with one attached hydrogen (secondary N) is 4. The highest BCUT2D eigenvalue weighted by molar-refractivity contribution is 5.74. The Labute approximate surface area is 248 Å². The van der Waals surface area contributed by atoms with Crippen LogP contribution in [0.15, 0.2) is 0 Å². The molecule has 0 bridgehead atoms. The highest BCUT2D eigenvalue weighted by atomic mass is 16.4. The predicted octanol–water partition coefficient (Wildman–Crippen LogP) is 0.508. The van der Waals surface area contributed by atoms with Crippen molar-refractivity contribution in [3.8, 4) is 0 Å². The molecular weight excluding hydrogens is 556 g/mol. The van der Waals surface area contributed by atoms with Gasteiger partial charge in [0.2, 0.25) is 0 Å². The number of aliphatic carboxylic acids is 5. The average molecular weight is 611 g/mol. The molecule has 15 heteroatoms. The second-order valence-corrected chi connectivity index (χ2v) is 10.6. The lowest BCUT2D eigenvalue weighted by Gasteiger charge is -2.12. The summed E-state index contributed by atoms with van der Waals surface area (Å²) in [4.78, 5) is 50.5. The number of carboxylic acids is 5. The fourth-order valence-electron chi connectivity index (χ4n) is 3.42. The SMILES string of the molecule is CNC(CC(C)C)C(=O)O.CNC(CC(C)C)C(=O)O.C[C@H](O)C(=O)O.O=C(O)[C@@H]1CCCN1.O=C(O)[C@@H]1CCCN1. The molecule has 2 fully saturated rings. The van der Waals surface area contributed by atoms with Crippen molar-refractivity contribution in [1.29, 1.82) is 0 Å². The molecule has 0 aromatic heterocycles. The lowest BCUT2D eigenvalue weighted by Crippen LogP contribution is -2.34. The van der Waals surface area contributed by atoms with E-state index in [4.69, 9.17) is 30.6 Å². The van der Waals surface area contributed by atoms with Gasteiger partial charge in [-0.15, -0.1) is 0 Å². The number of aliphatic hydroxyl groups is 1. The minimum Gasteiger partial charge on any atom is -0.480 e. The van der Waals surface area contributed by atoms with Gasteiger partial charge in [-0.2, -0.15) is 0 Å². The summed E-state index contributed by atoms with van der Waals surface area (Å²) in [6.45, 7) is 10.9. The summed E-state index contributed by atoms with van der Waals surface area (Å²) in [7, 11) is 3.34. The van der Waals surface area contributed by atoms with E-state index in [2.05, 4.69) is 21.3 Å². The number of hydrogen-bond acceptors (Lipinski definition) is 10. The number of rotatable bonds is 11. The van der Waals surface area contributed by atoms with Gasteiger partial charge in [0, 0.05) is 0 Å². The Morgan fingerprint density at radius 1 is 0.643 bits per heavy atom. The summed E-state index contributed by atoms with van der Waals surface area (Å²) >= 11 is 0. The summed E-state index contributed by atoms with van der Waals surface area (Å²) < 4.78 is 0. The largest absolute Gasteiger partial charge is 0.480 e. The van der Waals surface area contributed by atoms with E-state index in [1.165, 1.54) is 6.92 Å². The zero-order chi connectivity index (χ0) is 33.4. The first-order valence-corrected chi connectivity index (χ1v) is 14.0. The molecule has 10 N–H and O–H groups in total. The van der Waals surface area contributed by atoms with Gasteiger partial charge in [0.1, 0.15) is 30.3 Å². The molecule has 2 aliphatic rings. The maximum absolute atomic E-state index is 10.4. The number of carbonyl (C=O) groups is 5. The lowest BCUT2D eigenvalue weighted by molar-refractivity contribution is -0.145. The van der Waals surface area contributed by atoms with Crippen LogP contribution in [0.2, 0.25) is 0 Å². The first kappa shape index (κ1) is 43.6. The Morgan fingerprint density at radius 3 is 1.00 bits per heavy atom. The third kappa shape index (κ3) is 26.1. The van der Waals surface area contributed by atoms with E-state index in [-0.39, 0.29) is 24.2 Å². The molecule has 15 nitrogen and oxygen atoms in total. The monoisotopic (exact) mass is 610 g/mol. The third-order valence-electron chi connectivity index (χ3n) is 5.78. The van der Waals surface area contributed by atoms with Crippen LogP contribution in [-0.2, 0) is 24.0 Å². The van der Waals surface area contributed by atoms with Crippen LogP contribution >= 0.6 is 0 Å². The second kappa shape index (κ2) is 25.8. The molecular formula is C27H54N4O11. The second-order valence-electron chi connectivity index (χ2n) is 10.6. The molecule has 2 saturated heterocycles. The van der Waals surface area contributed by atoms with Gasteiger partial charge in [0.05, 0.1) is 0 Å². The van der Waals surface area contributed by atoms with E-state index in [0.717, 1.165) is 38.8 Å². The van der Waals surface area contributed by atoms with E-state index < -0.39 is 36.0 Å². The van der Waals surface area contributed by atoms with Crippen molar-refractivity contribution in [3.63, 3.8) is 0 Å². The summed E-state index contributed by atoms with van der Waals surface area (Å²) in [6.07, 6.45) is 3.71. The lowest BCUT2D eigenvalue weighted by atomic mass is 10.0. The summed E-state index contributed by atoms with van der Waals surface area (Å²) in [5.74, 6) is -3.31. The van der Waals surface area contributed by atoms with Crippen LogP contribution in [0.5, 0.6) is 0 Å². The van der Waals surface area contributed by atoms with E-state index in [1.807, 2.05) is 27.7 Å². The van der Waals surface area contributed by atoms with Gasteiger partial charge in [-0.1, -0.05) is 27.7 Å². The van der Waals surface area contributed by atoms with Gasteiger partial charge in [0.15, 0.2) is 0 Å². The van der Waals surface area contributed by atoms with Crippen LogP contribution < -0.4 is 21.3 Å². The van der Waals surface area contributed by atoms with Crippen molar-refractivity contribution < 1.29 is 54.6 Å². The van der Waals surface area contributed by atoms with E-state index in [9.17, 15) is 24.0 Å². The number of aliphatic hydroxyl groups excluding tert-OH is 1. The Hall–Kier alpha value is -2.85. The summed E-state index contributed by atoms with van der Waals surface area (Å²) in [6, 6.07) is -1.31. The molecule has 2 unspecified atom stereocenters. The fourth-order valence-corrected chi connectivity index (χ4v) is 3.42. The first-order valence-electron chi connectivity index (χ1n) is 14.0. The van der Waals surface area contributed by atoms with Crippen LogP contribution in [0.3, 0.4) is 0 Å². The molecule has 0 aliphatic carbocycles. The van der Waals surface area contributed by atoms with Crippen LogP contribution in [0.1, 0.15) is 73.1 Å². The van der Waals surface area contributed by atoms with E-state index in [0.29, 0.717) is 24.7 Å². The molecule has 0 aromatic rings. The minimum absolute atomic E-state index is 0.269. The molecule has 0 saturated carbocycles. The minimum atomic E-state index is -1.23. The summed E-state index contributed by atoms with van der Waals surface area (Å²) in [5, 5.41) is 60.8. The maximum Gasteiger partial charge on any atom is 0.332 e. The fraction of sp³-hybridized carbons (Fsp3) is 0.815. The van der Waals surface area contributed by atoms with Crippen LogP contribution in [0, 0.1) is 11.8 Å². The molecule has 0 radical (unpaired) electrons. The van der Waals surface area contributed by atoms with Gasteiger partial charge in [0.25, 0.3) is 0 Å². The third-order valence-corrected chi connectivity index (χ3v) is 5.78. The Balaban J connectivity index is -0.000000457. The zero-order valence-corrected chi connectivity index (χ0v) is 25.9. The highest BCUT2D eigenvalue weighted by Crippen LogP contribution is 2.05. The number of hydrogen-bond donors (Lipinski definition) is 10. The topological polar surface area (TPSA) is 255 Å². The molecule has 2 aliphatic heterocycles. The Morgan fingerprint density at radius 2 is 0.929 bits per heavy atom. The van der Waals surface area contributed by atoms with Gasteiger partial charge in [-0.3, -0.25) is 19.2 Å². The number of carboxylic acid groups (broad SMARTS) is 5. The zero-order valence-electron chi connectivity index (χ0n) is 25.9. The first-order chi connectivity index (χ1) is 19.4. The van der Waals surface area contributed by atoms with Crippen molar-refractivity contribution in [3.05, 3.63) is 0 Å². The molecule has 2 rings (SSSR count). The van der Waals surface area contributed by atoms with Gasteiger partial charge in [-0.25, -0.2) is 4.79 Å². The van der Waals surface area contributed by atoms with Gasteiger partial charge < -0.3 is 51.9 Å². The number of likely N-dealkylation sites (N-methyl/N-ethyl adjacent to an activating group) is 2.